The maximum absolute atomic E-state index is 12.4. The molecule has 5 heteroatoms. The minimum Gasteiger partial charge on any atom is -0.494 e. The second-order valence-corrected chi connectivity index (χ2v) is 6.94. The fourth-order valence-electron chi connectivity index (χ4n) is 2.89. The van der Waals surface area contributed by atoms with Gasteiger partial charge in [0.1, 0.15) is 5.75 Å². The van der Waals surface area contributed by atoms with Crippen LogP contribution in [-0.2, 0) is 11.2 Å². The lowest BCUT2D eigenvalue weighted by molar-refractivity contribution is -0.116. The van der Waals surface area contributed by atoms with Crippen LogP contribution in [0.4, 0.5) is 11.4 Å². The molecule has 0 aliphatic carbocycles. The summed E-state index contributed by atoms with van der Waals surface area (Å²) in [4.78, 5) is 24.5. The summed E-state index contributed by atoms with van der Waals surface area (Å²) in [6, 6.07) is 24.1. The van der Waals surface area contributed by atoms with Crippen LogP contribution in [0, 0.1) is 0 Å². The summed E-state index contributed by atoms with van der Waals surface area (Å²) in [6.07, 6.45) is 2.05. The van der Waals surface area contributed by atoms with Gasteiger partial charge in [0.2, 0.25) is 5.91 Å². The first kappa shape index (κ1) is 21.1. The van der Waals surface area contributed by atoms with Crippen LogP contribution in [0.3, 0.4) is 0 Å². The van der Waals surface area contributed by atoms with Crippen LogP contribution in [0.15, 0.2) is 78.9 Å². The van der Waals surface area contributed by atoms with Crippen molar-refractivity contribution in [2.75, 3.05) is 17.2 Å². The van der Waals surface area contributed by atoms with Gasteiger partial charge in [0.25, 0.3) is 5.91 Å². The molecule has 0 fully saturated rings. The van der Waals surface area contributed by atoms with Gasteiger partial charge < -0.3 is 15.4 Å². The minimum absolute atomic E-state index is 0.0407. The number of nitrogens with one attached hydrogen (secondary N) is 2. The van der Waals surface area contributed by atoms with Gasteiger partial charge in [0.05, 0.1) is 6.61 Å². The Bertz CT molecular complexity index is 952. The maximum Gasteiger partial charge on any atom is 0.255 e. The minimum atomic E-state index is -0.198. The Morgan fingerprint density at radius 3 is 2.07 bits per heavy atom. The first-order valence-electron chi connectivity index (χ1n) is 10.1. The van der Waals surface area contributed by atoms with Crippen molar-refractivity contribution in [2.45, 2.75) is 26.2 Å². The highest BCUT2D eigenvalue weighted by Gasteiger charge is 2.07. The second-order valence-electron chi connectivity index (χ2n) is 6.94. The van der Waals surface area contributed by atoms with Gasteiger partial charge in [-0.05, 0) is 66.9 Å². The maximum atomic E-state index is 12.4. The first-order chi connectivity index (χ1) is 14.6. The van der Waals surface area contributed by atoms with Gasteiger partial charge in [-0.15, -0.1) is 0 Å². The molecule has 0 atom stereocenters. The Morgan fingerprint density at radius 1 is 0.800 bits per heavy atom. The van der Waals surface area contributed by atoms with E-state index in [0.29, 0.717) is 36.4 Å². The summed E-state index contributed by atoms with van der Waals surface area (Å²) in [7, 11) is 0. The molecule has 0 aromatic heterocycles. The summed E-state index contributed by atoms with van der Waals surface area (Å²) in [5.41, 5.74) is 3.05. The van der Waals surface area contributed by atoms with Gasteiger partial charge in [-0.2, -0.15) is 0 Å². The number of benzene rings is 3. The number of hydrogen-bond donors (Lipinski definition) is 2. The smallest absolute Gasteiger partial charge is 0.255 e. The third-order valence-electron chi connectivity index (χ3n) is 4.50. The number of carbonyl (C=O) groups excluding carboxylic acids is 2. The molecule has 0 spiro atoms. The Labute approximate surface area is 177 Å². The van der Waals surface area contributed by atoms with Crippen molar-refractivity contribution in [3.63, 3.8) is 0 Å². The molecule has 0 bridgehead atoms. The van der Waals surface area contributed by atoms with Crippen LogP contribution < -0.4 is 15.4 Å². The number of rotatable bonds is 9. The Kier molecular flexibility index (Phi) is 7.61. The molecule has 2 N–H and O–H groups in total. The van der Waals surface area contributed by atoms with E-state index in [1.165, 1.54) is 0 Å². The number of aryl methyl sites for hydroxylation is 1. The molecule has 3 aromatic carbocycles. The average Bonchev–Trinajstić information content (AvgIpc) is 2.78. The van der Waals surface area contributed by atoms with Crippen molar-refractivity contribution in [2.24, 2.45) is 0 Å². The Hall–Kier alpha value is -3.60. The standard InChI is InChI=1S/C25H26N2O3/c1-2-18-30-23-15-9-20(10-16-23)25(29)27-22-13-11-21(12-14-22)26-24(28)17-8-19-6-4-3-5-7-19/h3-7,9-16H,2,8,17-18H2,1H3,(H,26,28)(H,27,29). The number of amides is 2. The van der Waals surface area contributed by atoms with Crippen molar-refractivity contribution in [1.82, 2.24) is 0 Å². The zero-order chi connectivity index (χ0) is 21.2. The predicted octanol–water partition coefficient (Wildman–Crippen LogP) is 5.30. The lowest BCUT2D eigenvalue weighted by Crippen LogP contribution is -2.13. The molecule has 3 aromatic rings. The van der Waals surface area contributed by atoms with Crippen molar-refractivity contribution < 1.29 is 14.3 Å². The quantitative estimate of drug-likeness (QED) is 0.510. The van der Waals surface area contributed by atoms with Crippen LogP contribution in [-0.4, -0.2) is 18.4 Å². The zero-order valence-electron chi connectivity index (χ0n) is 17.1. The molecular formula is C25H26N2O3. The van der Waals surface area contributed by atoms with Crippen molar-refractivity contribution >= 4 is 23.2 Å². The lowest BCUT2D eigenvalue weighted by Gasteiger charge is -2.09. The van der Waals surface area contributed by atoms with Crippen LogP contribution in [0.2, 0.25) is 0 Å². The third-order valence-corrected chi connectivity index (χ3v) is 4.50. The van der Waals surface area contributed by atoms with E-state index in [0.717, 1.165) is 17.7 Å². The summed E-state index contributed by atoms with van der Waals surface area (Å²) >= 11 is 0. The Balaban J connectivity index is 1.48. The molecule has 3 rings (SSSR count). The molecular weight excluding hydrogens is 376 g/mol. The van der Waals surface area contributed by atoms with E-state index in [1.54, 1.807) is 48.5 Å². The molecule has 0 radical (unpaired) electrons. The largest absolute Gasteiger partial charge is 0.494 e. The van der Waals surface area contributed by atoms with Gasteiger partial charge in [-0.25, -0.2) is 0 Å². The highest BCUT2D eigenvalue weighted by molar-refractivity contribution is 6.04. The summed E-state index contributed by atoms with van der Waals surface area (Å²) in [5, 5.41) is 5.74. The van der Waals surface area contributed by atoms with E-state index in [4.69, 9.17) is 4.74 Å². The molecule has 2 amide bonds. The molecule has 0 unspecified atom stereocenters. The predicted molar refractivity (Wildman–Crippen MR) is 120 cm³/mol. The summed E-state index contributed by atoms with van der Waals surface area (Å²) in [6.45, 7) is 2.70. The van der Waals surface area contributed by atoms with Crippen molar-refractivity contribution in [3.05, 3.63) is 90.0 Å². The SMILES string of the molecule is CCCOc1ccc(C(=O)Nc2ccc(NC(=O)CCc3ccccc3)cc2)cc1. The van der Waals surface area contributed by atoms with Crippen LogP contribution >= 0.6 is 0 Å². The zero-order valence-corrected chi connectivity index (χ0v) is 17.1. The number of carbonyl (C=O) groups is 2. The van der Waals surface area contributed by atoms with Crippen LogP contribution in [0.25, 0.3) is 0 Å². The molecule has 0 heterocycles. The van der Waals surface area contributed by atoms with E-state index in [-0.39, 0.29) is 11.8 Å². The number of anilines is 2. The normalized spacial score (nSPS) is 10.3. The van der Waals surface area contributed by atoms with E-state index in [9.17, 15) is 9.59 Å². The molecule has 30 heavy (non-hydrogen) atoms. The van der Waals surface area contributed by atoms with Crippen molar-refractivity contribution in [3.8, 4) is 5.75 Å². The molecule has 154 valence electrons. The van der Waals surface area contributed by atoms with Crippen LogP contribution in [0.1, 0.15) is 35.7 Å². The monoisotopic (exact) mass is 402 g/mol. The molecule has 0 aliphatic rings. The van der Waals surface area contributed by atoms with Gasteiger partial charge in [0.15, 0.2) is 0 Å². The fraction of sp³-hybridized carbons (Fsp3) is 0.200. The van der Waals surface area contributed by atoms with Gasteiger partial charge in [0, 0.05) is 23.4 Å². The Morgan fingerprint density at radius 2 is 1.43 bits per heavy atom. The number of hydrogen-bond acceptors (Lipinski definition) is 3. The summed E-state index contributed by atoms with van der Waals surface area (Å²) < 4.78 is 5.53. The van der Waals surface area contributed by atoms with Crippen molar-refractivity contribution in [1.29, 1.82) is 0 Å². The van der Waals surface area contributed by atoms with E-state index in [2.05, 4.69) is 10.6 Å². The van der Waals surface area contributed by atoms with Gasteiger partial charge >= 0.3 is 0 Å². The molecule has 0 saturated heterocycles. The molecule has 0 saturated carbocycles. The highest BCUT2D eigenvalue weighted by atomic mass is 16.5. The average molecular weight is 402 g/mol. The van der Waals surface area contributed by atoms with Gasteiger partial charge in [-0.3, -0.25) is 9.59 Å². The molecule has 5 nitrogen and oxygen atoms in total. The van der Waals surface area contributed by atoms with E-state index in [1.807, 2.05) is 37.3 Å². The van der Waals surface area contributed by atoms with Crippen LogP contribution in [0.5, 0.6) is 5.75 Å². The molecule has 0 aliphatic heterocycles. The van der Waals surface area contributed by atoms with E-state index < -0.39 is 0 Å². The summed E-state index contributed by atoms with van der Waals surface area (Å²) in [5.74, 6) is 0.512. The van der Waals surface area contributed by atoms with Gasteiger partial charge in [-0.1, -0.05) is 37.3 Å². The topological polar surface area (TPSA) is 67.4 Å². The lowest BCUT2D eigenvalue weighted by atomic mass is 10.1. The first-order valence-corrected chi connectivity index (χ1v) is 10.1. The third kappa shape index (κ3) is 6.48. The highest BCUT2D eigenvalue weighted by Crippen LogP contribution is 2.17. The second kappa shape index (κ2) is 10.8. The number of ether oxygens (including phenoxy) is 1. The van der Waals surface area contributed by atoms with E-state index >= 15 is 0 Å². The fourth-order valence-corrected chi connectivity index (χ4v) is 2.89.